The first-order valence-corrected chi connectivity index (χ1v) is 8.12. The van der Waals surface area contributed by atoms with Crippen molar-refractivity contribution >= 4 is 29.1 Å². The predicted molar refractivity (Wildman–Crippen MR) is 96.2 cm³/mol. The molecule has 0 spiro atoms. The number of ketones is 1. The average Bonchev–Trinajstić information content (AvgIpc) is 2.92. The summed E-state index contributed by atoms with van der Waals surface area (Å²) in [7, 11) is 0. The van der Waals surface area contributed by atoms with Crippen LogP contribution in [0, 0.1) is 10.1 Å². The second-order valence-electron chi connectivity index (χ2n) is 6.00. The van der Waals surface area contributed by atoms with Gasteiger partial charge in [-0.15, -0.1) is 0 Å². The molecule has 0 radical (unpaired) electrons. The first-order chi connectivity index (χ1) is 13.3. The summed E-state index contributed by atoms with van der Waals surface area (Å²) in [6.07, 6.45) is 0. The fraction of sp³-hybridized carbons (Fsp3) is 0.105. The molecule has 2 aromatic rings. The van der Waals surface area contributed by atoms with E-state index in [1.807, 2.05) is 0 Å². The maximum absolute atomic E-state index is 12.6. The van der Waals surface area contributed by atoms with E-state index in [-0.39, 0.29) is 11.1 Å². The molecular formula is C19H14N2O7. The number of hydrogen-bond donors (Lipinski definition) is 2. The number of carboxylic acid groups (broad SMARTS) is 1. The van der Waals surface area contributed by atoms with E-state index in [9.17, 15) is 29.6 Å². The molecule has 3 rings (SSSR count). The molecule has 2 aromatic carbocycles. The van der Waals surface area contributed by atoms with Gasteiger partial charge in [0.1, 0.15) is 12.3 Å². The molecular weight excluding hydrogens is 368 g/mol. The first-order valence-electron chi connectivity index (χ1n) is 8.12. The number of carbonyl (C=O) groups is 3. The number of benzene rings is 2. The third-order valence-corrected chi connectivity index (χ3v) is 4.32. The minimum atomic E-state index is -1.40. The van der Waals surface area contributed by atoms with E-state index in [1.54, 1.807) is 18.2 Å². The fourth-order valence-electron chi connectivity index (χ4n) is 3.15. The Hall–Kier alpha value is -4.01. The lowest BCUT2D eigenvalue weighted by Crippen LogP contribution is -2.34. The molecule has 1 amide bonds. The number of Topliss-reactive ketones (excluding diaryl/α,β-unsaturated/α-hetero) is 1. The van der Waals surface area contributed by atoms with Gasteiger partial charge in [-0.25, -0.2) is 0 Å². The molecule has 28 heavy (non-hydrogen) atoms. The van der Waals surface area contributed by atoms with Gasteiger partial charge in [-0.1, -0.05) is 42.5 Å². The second kappa shape index (κ2) is 7.31. The molecule has 1 atom stereocenters. The summed E-state index contributed by atoms with van der Waals surface area (Å²) in [6.45, 7) is -0.854. The number of nitrogens with zero attached hydrogens (tertiary/aromatic N) is 2. The number of likely N-dealkylation sites (tertiary alicyclic amines) is 1. The van der Waals surface area contributed by atoms with Crippen molar-refractivity contribution in [2.45, 2.75) is 6.04 Å². The number of rotatable bonds is 5. The van der Waals surface area contributed by atoms with Crippen molar-refractivity contribution in [1.82, 2.24) is 4.90 Å². The number of aliphatic hydroxyl groups excluding tert-OH is 1. The zero-order valence-corrected chi connectivity index (χ0v) is 14.3. The Kier molecular flexibility index (Phi) is 4.90. The van der Waals surface area contributed by atoms with Crippen molar-refractivity contribution in [3.05, 3.63) is 81.4 Å². The molecule has 1 aliphatic heterocycles. The molecule has 1 aliphatic rings. The van der Waals surface area contributed by atoms with E-state index < -0.39 is 52.2 Å². The number of hydrogen-bond acceptors (Lipinski definition) is 6. The summed E-state index contributed by atoms with van der Waals surface area (Å²) in [4.78, 5) is 47.7. The van der Waals surface area contributed by atoms with Crippen molar-refractivity contribution in [2.24, 2.45) is 0 Å². The molecule has 2 N–H and O–H groups in total. The van der Waals surface area contributed by atoms with Crippen LogP contribution in [-0.4, -0.2) is 44.2 Å². The van der Waals surface area contributed by atoms with Crippen LogP contribution in [-0.2, 0) is 14.4 Å². The smallest absolute Gasteiger partial charge is 0.323 e. The van der Waals surface area contributed by atoms with Gasteiger partial charge in [-0.05, 0) is 6.07 Å². The number of aliphatic carboxylic acids is 1. The van der Waals surface area contributed by atoms with Crippen LogP contribution in [0.5, 0.6) is 0 Å². The summed E-state index contributed by atoms with van der Waals surface area (Å²) in [5.74, 6) is -4.19. The van der Waals surface area contributed by atoms with E-state index in [2.05, 4.69) is 0 Å². The largest absolute Gasteiger partial charge is 0.507 e. The van der Waals surface area contributed by atoms with Gasteiger partial charge in [-0.3, -0.25) is 24.5 Å². The van der Waals surface area contributed by atoms with Gasteiger partial charge in [0.25, 0.3) is 17.4 Å². The van der Waals surface area contributed by atoms with Crippen molar-refractivity contribution in [1.29, 1.82) is 0 Å². The molecule has 0 unspecified atom stereocenters. The zero-order valence-electron chi connectivity index (χ0n) is 14.3. The molecule has 1 heterocycles. The van der Waals surface area contributed by atoms with Gasteiger partial charge in [-0.2, -0.15) is 0 Å². The van der Waals surface area contributed by atoms with Gasteiger partial charge in [0.05, 0.1) is 22.1 Å². The van der Waals surface area contributed by atoms with Crippen LogP contribution < -0.4 is 0 Å². The number of nitro groups is 1. The lowest BCUT2D eigenvalue weighted by Gasteiger charge is -2.23. The molecule has 9 heteroatoms. The summed E-state index contributed by atoms with van der Waals surface area (Å²) < 4.78 is 0. The van der Waals surface area contributed by atoms with Crippen molar-refractivity contribution in [3.63, 3.8) is 0 Å². The fourth-order valence-corrected chi connectivity index (χ4v) is 3.15. The lowest BCUT2D eigenvalue weighted by molar-refractivity contribution is -0.385. The topological polar surface area (TPSA) is 138 Å². The Morgan fingerprint density at radius 1 is 1.04 bits per heavy atom. The average molecular weight is 382 g/mol. The lowest BCUT2D eigenvalue weighted by atomic mass is 9.94. The highest BCUT2D eigenvalue weighted by Gasteiger charge is 2.48. The molecule has 0 aliphatic carbocycles. The molecule has 142 valence electrons. The van der Waals surface area contributed by atoms with Gasteiger partial charge in [0.2, 0.25) is 0 Å². The minimum absolute atomic E-state index is 0.0644. The van der Waals surface area contributed by atoms with Crippen LogP contribution in [0.3, 0.4) is 0 Å². The Bertz CT molecular complexity index is 1010. The highest BCUT2D eigenvalue weighted by molar-refractivity contribution is 6.47. The summed E-state index contributed by atoms with van der Waals surface area (Å²) in [6, 6.07) is 11.8. The SMILES string of the molecule is O=C(O)CN1C(=O)C(=O)C(=C(O)c2ccccc2)[C@@H]1c1ccccc1[N+](=O)[O-]. The highest BCUT2D eigenvalue weighted by Crippen LogP contribution is 2.42. The van der Waals surface area contributed by atoms with Crippen LogP contribution in [0.1, 0.15) is 17.2 Å². The van der Waals surface area contributed by atoms with Crippen LogP contribution >= 0.6 is 0 Å². The summed E-state index contributed by atoms with van der Waals surface area (Å²) in [5.41, 5.74) is -0.639. The Morgan fingerprint density at radius 3 is 2.25 bits per heavy atom. The molecule has 9 nitrogen and oxygen atoms in total. The van der Waals surface area contributed by atoms with Crippen molar-refractivity contribution in [2.75, 3.05) is 6.54 Å². The van der Waals surface area contributed by atoms with E-state index in [1.165, 1.54) is 36.4 Å². The maximum atomic E-state index is 12.6. The zero-order chi connectivity index (χ0) is 20.4. The molecule has 0 bridgehead atoms. The molecule has 1 saturated heterocycles. The number of amides is 1. The number of carboxylic acids is 1. The number of nitro benzene ring substituents is 1. The highest BCUT2D eigenvalue weighted by atomic mass is 16.6. The van der Waals surface area contributed by atoms with Gasteiger partial charge < -0.3 is 15.1 Å². The maximum Gasteiger partial charge on any atom is 0.323 e. The standard InChI is InChI=1S/C19H14N2O7/c22-14(23)10-20-16(12-8-4-5-9-13(12)21(27)28)15(18(25)19(20)26)17(24)11-6-2-1-3-7-11/h1-9,16,24H,10H2,(H,22,23)/t16-/m0/s1. The van der Waals surface area contributed by atoms with Crippen LogP contribution in [0.2, 0.25) is 0 Å². The minimum Gasteiger partial charge on any atom is -0.507 e. The normalized spacial score (nSPS) is 18.3. The third-order valence-electron chi connectivity index (χ3n) is 4.32. The van der Waals surface area contributed by atoms with E-state index >= 15 is 0 Å². The van der Waals surface area contributed by atoms with Crippen LogP contribution in [0.15, 0.2) is 60.2 Å². The monoisotopic (exact) mass is 382 g/mol. The third kappa shape index (κ3) is 3.20. The summed E-state index contributed by atoms with van der Waals surface area (Å²) >= 11 is 0. The molecule has 0 aromatic heterocycles. The van der Waals surface area contributed by atoms with Crippen molar-refractivity contribution in [3.8, 4) is 0 Å². The Morgan fingerprint density at radius 2 is 1.64 bits per heavy atom. The second-order valence-corrected chi connectivity index (χ2v) is 6.00. The molecule has 0 saturated carbocycles. The van der Waals surface area contributed by atoms with Gasteiger partial charge >= 0.3 is 5.97 Å². The quantitative estimate of drug-likeness (QED) is 0.265. The summed E-state index contributed by atoms with van der Waals surface area (Å²) in [5, 5.41) is 31.3. The van der Waals surface area contributed by atoms with E-state index in [4.69, 9.17) is 5.11 Å². The van der Waals surface area contributed by atoms with Crippen molar-refractivity contribution < 1.29 is 29.5 Å². The van der Waals surface area contributed by atoms with Crippen LogP contribution in [0.25, 0.3) is 5.76 Å². The Labute approximate surface area is 158 Å². The number of aliphatic hydroxyl groups is 1. The van der Waals surface area contributed by atoms with E-state index in [0.29, 0.717) is 4.90 Å². The predicted octanol–water partition coefficient (Wildman–Crippen LogP) is 2.10. The van der Waals surface area contributed by atoms with E-state index in [0.717, 1.165) is 0 Å². The molecule has 1 fully saturated rings. The number of para-hydroxylation sites is 1. The number of carbonyl (C=O) groups excluding carboxylic acids is 2. The van der Waals surface area contributed by atoms with Gasteiger partial charge in [0.15, 0.2) is 0 Å². The van der Waals surface area contributed by atoms with Crippen LogP contribution in [0.4, 0.5) is 5.69 Å². The first kappa shape index (κ1) is 18.8. The van der Waals surface area contributed by atoms with Gasteiger partial charge in [0, 0.05) is 11.6 Å². The Balaban J connectivity index is 2.28.